The first-order chi connectivity index (χ1) is 6.09. The largest absolute Gasteiger partial charge is 0.257 e. The van der Waals surface area contributed by atoms with Crippen LogP contribution in [-0.4, -0.2) is 16.1 Å². The number of halogens is 3. The number of hydrogen-bond acceptors (Lipinski definition) is 3. The fourth-order valence-electron chi connectivity index (χ4n) is 1.59. The van der Waals surface area contributed by atoms with E-state index in [0.717, 1.165) is 11.3 Å². The van der Waals surface area contributed by atoms with Crippen LogP contribution in [0.25, 0.3) is 0 Å². The van der Waals surface area contributed by atoms with Gasteiger partial charge in [0.2, 0.25) is 4.47 Å². The molecule has 2 rings (SSSR count). The summed E-state index contributed by atoms with van der Waals surface area (Å²) in [6.07, 6.45) is 0.988. The van der Waals surface area contributed by atoms with E-state index in [1.807, 2.05) is 0 Å². The molecule has 0 bridgehead atoms. The molecule has 0 saturated heterocycles. The van der Waals surface area contributed by atoms with Crippen LogP contribution in [0.5, 0.6) is 0 Å². The first kappa shape index (κ1) is 9.27. The van der Waals surface area contributed by atoms with Gasteiger partial charge < -0.3 is 0 Å². The predicted molar refractivity (Wildman–Crippen MR) is 46.5 cm³/mol. The molecule has 0 spiro atoms. The van der Waals surface area contributed by atoms with Gasteiger partial charge in [-0.25, -0.2) is 8.78 Å². The second kappa shape index (κ2) is 3.13. The summed E-state index contributed by atoms with van der Waals surface area (Å²) in [5, 5.41) is 7.55. The summed E-state index contributed by atoms with van der Waals surface area (Å²) >= 11 is 6.58. The maximum absolute atomic E-state index is 13.2. The minimum Gasteiger partial charge on any atom is -0.206 e. The Morgan fingerprint density at radius 1 is 1.46 bits per heavy atom. The van der Waals surface area contributed by atoms with Crippen LogP contribution >= 0.6 is 22.9 Å². The van der Waals surface area contributed by atoms with Crippen molar-refractivity contribution in [1.82, 2.24) is 10.2 Å². The Morgan fingerprint density at radius 3 is 2.69 bits per heavy atom. The molecule has 0 aromatic carbocycles. The molecular weight excluding hydrogens is 218 g/mol. The van der Waals surface area contributed by atoms with Crippen LogP contribution in [-0.2, 0) is 0 Å². The lowest BCUT2D eigenvalue weighted by molar-refractivity contribution is -0.00916. The van der Waals surface area contributed by atoms with Gasteiger partial charge in [-0.05, 0) is 24.4 Å². The lowest BCUT2D eigenvalue weighted by atomic mass is 10.1. The normalized spacial score (nSPS) is 26.5. The Bertz CT molecular complexity index is 315. The SMILES string of the molecule is FC1(F)CCCC1c1nnc(Cl)s1. The number of rotatable bonds is 1. The quantitative estimate of drug-likeness (QED) is 0.733. The molecule has 0 N–H and O–H groups in total. The maximum Gasteiger partial charge on any atom is 0.257 e. The molecular formula is C7H7ClF2N2S. The molecule has 1 aliphatic carbocycles. The summed E-state index contributed by atoms with van der Waals surface area (Å²) in [5.74, 6) is -3.39. The molecule has 0 amide bonds. The second-order valence-corrected chi connectivity index (χ2v) is 4.69. The van der Waals surface area contributed by atoms with Crippen molar-refractivity contribution in [3.05, 3.63) is 9.47 Å². The van der Waals surface area contributed by atoms with Crippen LogP contribution in [0.3, 0.4) is 0 Å². The molecule has 2 nitrogen and oxygen atoms in total. The van der Waals surface area contributed by atoms with E-state index < -0.39 is 11.8 Å². The Morgan fingerprint density at radius 2 is 2.23 bits per heavy atom. The van der Waals surface area contributed by atoms with Gasteiger partial charge in [0.15, 0.2) is 0 Å². The van der Waals surface area contributed by atoms with Gasteiger partial charge in [0.25, 0.3) is 5.92 Å². The molecule has 1 heterocycles. The van der Waals surface area contributed by atoms with E-state index in [1.165, 1.54) is 0 Å². The molecule has 1 fully saturated rings. The standard InChI is InChI=1S/C7H7ClF2N2S/c8-6-12-11-5(13-6)4-2-1-3-7(4,9)10/h4H,1-3H2. The highest BCUT2D eigenvalue weighted by atomic mass is 35.5. The molecule has 72 valence electrons. The lowest BCUT2D eigenvalue weighted by Crippen LogP contribution is -2.19. The van der Waals surface area contributed by atoms with E-state index in [0.29, 0.717) is 17.8 Å². The van der Waals surface area contributed by atoms with Crippen LogP contribution in [0.4, 0.5) is 8.78 Å². The molecule has 13 heavy (non-hydrogen) atoms. The van der Waals surface area contributed by atoms with Gasteiger partial charge in [0.1, 0.15) is 5.01 Å². The van der Waals surface area contributed by atoms with Gasteiger partial charge in [0.05, 0.1) is 5.92 Å². The van der Waals surface area contributed by atoms with E-state index in [1.54, 1.807) is 0 Å². The van der Waals surface area contributed by atoms with Crippen molar-refractivity contribution in [2.75, 3.05) is 0 Å². The molecule has 0 radical (unpaired) electrons. The van der Waals surface area contributed by atoms with Crippen LogP contribution in [0.2, 0.25) is 4.47 Å². The average Bonchev–Trinajstić information content (AvgIpc) is 2.56. The summed E-state index contributed by atoms with van der Waals surface area (Å²) in [7, 11) is 0. The Labute approximate surface area is 82.9 Å². The number of hydrogen-bond donors (Lipinski definition) is 0. The van der Waals surface area contributed by atoms with Crippen molar-refractivity contribution in [3.8, 4) is 0 Å². The zero-order valence-corrected chi connectivity index (χ0v) is 8.21. The summed E-state index contributed by atoms with van der Waals surface area (Å²) in [4.78, 5) is 0. The van der Waals surface area contributed by atoms with Gasteiger partial charge in [-0.3, -0.25) is 0 Å². The maximum atomic E-state index is 13.2. The van der Waals surface area contributed by atoms with Gasteiger partial charge in [0, 0.05) is 6.42 Å². The van der Waals surface area contributed by atoms with E-state index in [-0.39, 0.29) is 10.9 Å². The fourth-order valence-corrected chi connectivity index (χ4v) is 2.63. The van der Waals surface area contributed by atoms with E-state index >= 15 is 0 Å². The summed E-state index contributed by atoms with van der Waals surface area (Å²) in [6, 6.07) is 0. The third-order valence-electron chi connectivity index (χ3n) is 2.23. The third kappa shape index (κ3) is 1.67. The Balaban J connectivity index is 2.26. The molecule has 0 aliphatic heterocycles. The van der Waals surface area contributed by atoms with Crippen molar-refractivity contribution < 1.29 is 8.78 Å². The van der Waals surface area contributed by atoms with Crippen LogP contribution < -0.4 is 0 Å². The number of nitrogens with zero attached hydrogens (tertiary/aromatic N) is 2. The zero-order chi connectivity index (χ0) is 9.47. The van der Waals surface area contributed by atoms with Crippen molar-refractivity contribution in [2.45, 2.75) is 31.1 Å². The smallest absolute Gasteiger partial charge is 0.206 e. The van der Waals surface area contributed by atoms with Crippen molar-refractivity contribution in [1.29, 1.82) is 0 Å². The summed E-state index contributed by atoms with van der Waals surface area (Å²) in [5.41, 5.74) is 0. The predicted octanol–water partition coefficient (Wildman–Crippen LogP) is 3.09. The molecule has 1 aromatic rings. The monoisotopic (exact) mass is 224 g/mol. The average molecular weight is 225 g/mol. The lowest BCUT2D eigenvalue weighted by Gasteiger charge is -2.15. The molecule has 1 unspecified atom stereocenters. The first-order valence-corrected chi connectivity index (χ1v) is 5.16. The summed E-state index contributed by atoms with van der Waals surface area (Å²) in [6.45, 7) is 0. The second-order valence-electron chi connectivity index (χ2n) is 3.10. The van der Waals surface area contributed by atoms with Gasteiger partial charge >= 0.3 is 0 Å². The molecule has 1 atom stereocenters. The molecule has 1 saturated carbocycles. The van der Waals surface area contributed by atoms with Crippen molar-refractivity contribution >= 4 is 22.9 Å². The van der Waals surface area contributed by atoms with Gasteiger partial charge in [-0.15, -0.1) is 10.2 Å². The molecule has 6 heteroatoms. The van der Waals surface area contributed by atoms with E-state index in [2.05, 4.69) is 10.2 Å². The van der Waals surface area contributed by atoms with Gasteiger partial charge in [-0.2, -0.15) is 0 Å². The molecule has 1 aliphatic rings. The fraction of sp³-hybridized carbons (Fsp3) is 0.714. The highest BCUT2D eigenvalue weighted by molar-refractivity contribution is 7.15. The Hall–Kier alpha value is -0.290. The Kier molecular flexibility index (Phi) is 2.23. The van der Waals surface area contributed by atoms with Gasteiger partial charge in [-0.1, -0.05) is 11.3 Å². The topological polar surface area (TPSA) is 25.8 Å². The van der Waals surface area contributed by atoms with Crippen LogP contribution in [0.1, 0.15) is 30.2 Å². The van der Waals surface area contributed by atoms with Crippen LogP contribution in [0, 0.1) is 0 Å². The van der Waals surface area contributed by atoms with Crippen molar-refractivity contribution in [3.63, 3.8) is 0 Å². The van der Waals surface area contributed by atoms with E-state index in [9.17, 15) is 8.78 Å². The highest BCUT2D eigenvalue weighted by Gasteiger charge is 2.46. The summed E-state index contributed by atoms with van der Waals surface area (Å²) < 4.78 is 26.6. The third-order valence-corrected chi connectivity index (χ3v) is 3.36. The van der Waals surface area contributed by atoms with Crippen LogP contribution in [0.15, 0.2) is 0 Å². The number of alkyl halides is 2. The highest BCUT2D eigenvalue weighted by Crippen LogP contribution is 2.47. The van der Waals surface area contributed by atoms with E-state index in [4.69, 9.17) is 11.6 Å². The zero-order valence-electron chi connectivity index (χ0n) is 6.64. The van der Waals surface area contributed by atoms with Crippen molar-refractivity contribution in [2.24, 2.45) is 0 Å². The first-order valence-electron chi connectivity index (χ1n) is 3.96. The molecule has 1 aromatic heterocycles. The minimum absolute atomic E-state index is 0.0468. The minimum atomic E-state index is -2.62. The number of aromatic nitrogens is 2.